The van der Waals surface area contributed by atoms with Gasteiger partial charge in [0.1, 0.15) is 5.76 Å². The van der Waals surface area contributed by atoms with Gasteiger partial charge in [0.2, 0.25) is 0 Å². The molecule has 0 unspecified atom stereocenters. The SMILES string of the molecule is C=C/C(C)=C/CC/C(C)=C/c1cc(C)co1. The van der Waals surface area contributed by atoms with E-state index in [1.54, 1.807) is 6.26 Å². The molecule has 0 bridgehead atoms. The van der Waals surface area contributed by atoms with Crippen LogP contribution in [0.25, 0.3) is 6.08 Å². The molecule has 0 spiro atoms. The van der Waals surface area contributed by atoms with Crippen LogP contribution in [0, 0.1) is 6.92 Å². The number of hydrogen-bond acceptors (Lipinski definition) is 1. The van der Waals surface area contributed by atoms with E-state index in [1.807, 2.05) is 19.1 Å². The van der Waals surface area contributed by atoms with Crippen molar-refractivity contribution in [3.8, 4) is 0 Å². The Bertz CT molecular complexity index is 405. The fourth-order valence-electron chi connectivity index (χ4n) is 1.45. The summed E-state index contributed by atoms with van der Waals surface area (Å²) < 4.78 is 5.38. The van der Waals surface area contributed by atoms with Gasteiger partial charge in [0.25, 0.3) is 0 Å². The molecule has 0 amide bonds. The zero-order chi connectivity index (χ0) is 12.0. The van der Waals surface area contributed by atoms with Gasteiger partial charge in [-0.1, -0.05) is 29.9 Å². The standard InChI is InChI=1S/C15H20O/c1-5-12(2)7-6-8-13(3)9-15-10-14(4)11-16-15/h5,7,9-11H,1,6,8H2,2-4H3/b12-7+,13-9+. The van der Waals surface area contributed by atoms with E-state index in [2.05, 4.69) is 32.6 Å². The zero-order valence-corrected chi connectivity index (χ0v) is 10.4. The molecule has 1 heteroatoms. The van der Waals surface area contributed by atoms with Crippen LogP contribution in [0.15, 0.2) is 46.6 Å². The maximum Gasteiger partial charge on any atom is 0.126 e. The molecule has 0 fully saturated rings. The highest BCUT2D eigenvalue weighted by atomic mass is 16.3. The maximum absolute atomic E-state index is 5.38. The van der Waals surface area contributed by atoms with Crippen molar-refractivity contribution in [2.24, 2.45) is 0 Å². The summed E-state index contributed by atoms with van der Waals surface area (Å²) in [5.74, 6) is 0.944. The third-order valence-corrected chi connectivity index (χ3v) is 2.47. The fraction of sp³-hybridized carbons (Fsp3) is 0.333. The van der Waals surface area contributed by atoms with Crippen molar-refractivity contribution in [3.63, 3.8) is 0 Å². The minimum atomic E-state index is 0.944. The molecule has 86 valence electrons. The van der Waals surface area contributed by atoms with Gasteiger partial charge in [-0.2, -0.15) is 0 Å². The first-order valence-electron chi connectivity index (χ1n) is 5.63. The third kappa shape index (κ3) is 4.35. The van der Waals surface area contributed by atoms with Crippen LogP contribution in [0.2, 0.25) is 0 Å². The highest BCUT2D eigenvalue weighted by Crippen LogP contribution is 2.14. The molecule has 0 aliphatic heterocycles. The predicted octanol–water partition coefficient (Wildman–Crippen LogP) is 4.90. The third-order valence-electron chi connectivity index (χ3n) is 2.47. The minimum Gasteiger partial charge on any atom is -0.465 e. The molecular formula is C15H20O. The molecule has 0 aromatic carbocycles. The van der Waals surface area contributed by atoms with Crippen LogP contribution in [-0.2, 0) is 0 Å². The van der Waals surface area contributed by atoms with Gasteiger partial charge in [0.05, 0.1) is 6.26 Å². The first kappa shape index (κ1) is 12.6. The van der Waals surface area contributed by atoms with Crippen LogP contribution in [0.5, 0.6) is 0 Å². The molecule has 1 rings (SSSR count). The maximum atomic E-state index is 5.38. The number of allylic oxidation sites excluding steroid dienone is 4. The van der Waals surface area contributed by atoms with Gasteiger partial charge in [-0.05, 0) is 51.3 Å². The van der Waals surface area contributed by atoms with E-state index in [0.29, 0.717) is 0 Å². The summed E-state index contributed by atoms with van der Waals surface area (Å²) in [7, 11) is 0. The highest BCUT2D eigenvalue weighted by molar-refractivity contribution is 5.47. The molecule has 1 heterocycles. The van der Waals surface area contributed by atoms with E-state index in [0.717, 1.165) is 18.6 Å². The van der Waals surface area contributed by atoms with E-state index < -0.39 is 0 Å². The lowest BCUT2D eigenvalue weighted by Crippen LogP contribution is -1.77. The van der Waals surface area contributed by atoms with Crippen LogP contribution in [0.4, 0.5) is 0 Å². The van der Waals surface area contributed by atoms with Crippen LogP contribution in [0.3, 0.4) is 0 Å². The second-order valence-electron chi connectivity index (χ2n) is 4.21. The van der Waals surface area contributed by atoms with Gasteiger partial charge in [-0.3, -0.25) is 0 Å². The Labute approximate surface area is 98.2 Å². The molecular weight excluding hydrogens is 196 g/mol. The first-order valence-corrected chi connectivity index (χ1v) is 5.63. The van der Waals surface area contributed by atoms with Crippen molar-refractivity contribution >= 4 is 6.08 Å². The lowest BCUT2D eigenvalue weighted by atomic mass is 10.1. The van der Waals surface area contributed by atoms with Crippen LogP contribution < -0.4 is 0 Å². The lowest BCUT2D eigenvalue weighted by molar-refractivity contribution is 0.554. The van der Waals surface area contributed by atoms with Crippen molar-refractivity contribution < 1.29 is 4.42 Å². The topological polar surface area (TPSA) is 13.1 Å². The number of hydrogen-bond donors (Lipinski definition) is 0. The van der Waals surface area contributed by atoms with Gasteiger partial charge in [-0.25, -0.2) is 0 Å². The summed E-state index contributed by atoms with van der Waals surface area (Å²) >= 11 is 0. The van der Waals surface area contributed by atoms with E-state index in [1.165, 1.54) is 16.7 Å². The molecule has 1 aromatic heterocycles. The Kier molecular flexibility index (Phi) is 4.84. The molecule has 0 N–H and O–H groups in total. The highest BCUT2D eigenvalue weighted by Gasteiger charge is 1.95. The van der Waals surface area contributed by atoms with E-state index in [4.69, 9.17) is 4.42 Å². The van der Waals surface area contributed by atoms with E-state index in [-0.39, 0.29) is 0 Å². The normalized spacial score (nSPS) is 12.9. The Hall–Kier alpha value is -1.50. The zero-order valence-electron chi connectivity index (χ0n) is 10.4. The Morgan fingerprint density at radius 2 is 2.19 bits per heavy atom. The Morgan fingerprint density at radius 1 is 1.44 bits per heavy atom. The average molecular weight is 216 g/mol. The van der Waals surface area contributed by atoms with Crippen molar-refractivity contribution in [3.05, 3.63) is 53.5 Å². The molecule has 1 nitrogen and oxygen atoms in total. The number of furan rings is 1. The summed E-state index contributed by atoms with van der Waals surface area (Å²) in [4.78, 5) is 0. The Morgan fingerprint density at radius 3 is 2.75 bits per heavy atom. The number of rotatable bonds is 5. The second kappa shape index (κ2) is 6.16. The van der Waals surface area contributed by atoms with E-state index >= 15 is 0 Å². The van der Waals surface area contributed by atoms with Gasteiger partial charge < -0.3 is 4.42 Å². The van der Waals surface area contributed by atoms with Gasteiger partial charge >= 0.3 is 0 Å². The molecule has 0 atom stereocenters. The van der Waals surface area contributed by atoms with Crippen LogP contribution >= 0.6 is 0 Å². The quantitative estimate of drug-likeness (QED) is 0.638. The molecule has 0 aliphatic rings. The summed E-state index contributed by atoms with van der Waals surface area (Å²) in [6.07, 6.45) is 10.1. The summed E-state index contributed by atoms with van der Waals surface area (Å²) in [6, 6.07) is 2.05. The van der Waals surface area contributed by atoms with Crippen LogP contribution in [0.1, 0.15) is 38.0 Å². The minimum absolute atomic E-state index is 0.944. The molecule has 16 heavy (non-hydrogen) atoms. The van der Waals surface area contributed by atoms with Gasteiger partial charge in [0, 0.05) is 0 Å². The summed E-state index contributed by atoms with van der Waals surface area (Å²) in [5.41, 5.74) is 3.74. The Balaban J connectivity index is 2.49. The monoisotopic (exact) mass is 216 g/mol. The van der Waals surface area contributed by atoms with Crippen molar-refractivity contribution in [2.45, 2.75) is 33.6 Å². The van der Waals surface area contributed by atoms with Crippen molar-refractivity contribution in [1.29, 1.82) is 0 Å². The average Bonchev–Trinajstić information content (AvgIpc) is 2.63. The van der Waals surface area contributed by atoms with Crippen molar-refractivity contribution in [1.82, 2.24) is 0 Å². The molecule has 0 aliphatic carbocycles. The second-order valence-corrected chi connectivity index (χ2v) is 4.21. The first-order chi connectivity index (χ1) is 7.61. The molecule has 0 saturated heterocycles. The fourth-order valence-corrected chi connectivity index (χ4v) is 1.45. The molecule has 1 aromatic rings. The predicted molar refractivity (Wildman–Crippen MR) is 70.3 cm³/mol. The molecule has 0 radical (unpaired) electrons. The smallest absolute Gasteiger partial charge is 0.126 e. The molecule has 0 saturated carbocycles. The van der Waals surface area contributed by atoms with Crippen molar-refractivity contribution in [2.75, 3.05) is 0 Å². The number of aryl methyl sites for hydroxylation is 1. The van der Waals surface area contributed by atoms with Crippen LogP contribution in [-0.4, -0.2) is 0 Å². The largest absolute Gasteiger partial charge is 0.465 e. The lowest BCUT2D eigenvalue weighted by Gasteiger charge is -1.97. The van der Waals surface area contributed by atoms with Gasteiger partial charge in [0.15, 0.2) is 0 Å². The summed E-state index contributed by atoms with van der Waals surface area (Å²) in [5, 5.41) is 0. The van der Waals surface area contributed by atoms with E-state index in [9.17, 15) is 0 Å². The summed E-state index contributed by atoms with van der Waals surface area (Å²) in [6.45, 7) is 9.97. The van der Waals surface area contributed by atoms with Gasteiger partial charge in [-0.15, -0.1) is 0 Å².